The maximum atomic E-state index is 10.8. The van der Waals surface area contributed by atoms with Crippen LogP contribution in [0.1, 0.15) is 25.3 Å². The molecule has 16 heavy (non-hydrogen) atoms. The van der Waals surface area contributed by atoms with E-state index in [1.165, 1.54) is 0 Å². The molecular weight excluding hydrogens is 226 g/mol. The second-order valence-electron chi connectivity index (χ2n) is 3.65. The third-order valence-corrected chi connectivity index (χ3v) is 2.79. The van der Waals surface area contributed by atoms with E-state index in [2.05, 4.69) is 6.92 Å². The summed E-state index contributed by atoms with van der Waals surface area (Å²) < 4.78 is 27.1. The van der Waals surface area contributed by atoms with Crippen LogP contribution in [0.3, 0.4) is 0 Å². The smallest absolute Gasteiger partial charge is 0.213 e. The predicted molar refractivity (Wildman–Crippen MR) is 63.7 cm³/mol. The molecule has 0 fully saturated rings. The van der Waals surface area contributed by atoms with Crippen molar-refractivity contribution in [1.82, 2.24) is 0 Å². The van der Waals surface area contributed by atoms with E-state index in [4.69, 9.17) is 9.88 Å². The van der Waals surface area contributed by atoms with Crippen LogP contribution < -0.4 is 9.88 Å². The van der Waals surface area contributed by atoms with Gasteiger partial charge in [-0.2, -0.15) is 0 Å². The number of primary sulfonamides is 1. The Kier molecular flexibility index (Phi) is 4.76. The molecule has 0 saturated carbocycles. The monoisotopic (exact) mass is 243 g/mol. The predicted octanol–water partition coefficient (Wildman–Crippen LogP) is 1.65. The van der Waals surface area contributed by atoms with Crippen molar-refractivity contribution >= 4 is 10.0 Å². The summed E-state index contributed by atoms with van der Waals surface area (Å²) in [5.41, 5.74) is 0.672. The zero-order chi connectivity index (χ0) is 12.0. The van der Waals surface area contributed by atoms with Crippen molar-refractivity contribution in [1.29, 1.82) is 0 Å². The Balaban J connectivity index is 2.54. The molecule has 0 atom stereocenters. The van der Waals surface area contributed by atoms with E-state index in [0.29, 0.717) is 12.2 Å². The average Bonchev–Trinajstić information content (AvgIpc) is 2.19. The SMILES string of the molecule is CCCCOc1ccc(CS(N)(=O)=O)cc1. The summed E-state index contributed by atoms with van der Waals surface area (Å²) in [6.45, 7) is 2.78. The first-order valence-electron chi connectivity index (χ1n) is 5.23. The van der Waals surface area contributed by atoms with Gasteiger partial charge >= 0.3 is 0 Å². The topological polar surface area (TPSA) is 69.4 Å². The Morgan fingerprint density at radius 2 is 1.88 bits per heavy atom. The molecule has 5 heteroatoms. The molecule has 0 radical (unpaired) electrons. The summed E-state index contributed by atoms with van der Waals surface area (Å²) in [4.78, 5) is 0. The van der Waals surface area contributed by atoms with Crippen LogP contribution in [0.2, 0.25) is 0 Å². The normalized spacial score (nSPS) is 11.4. The highest BCUT2D eigenvalue weighted by atomic mass is 32.2. The third kappa shape index (κ3) is 5.14. The van der Waals surface area contributed by atoms with Crippen LogP contribution >= 0.6 is 0 Å². The van der Waals surface area contributed by atoms with E-state index in [1.54, 1.807) is 24.3 Å². The summed E-state index contributed by atoms with van der Waals surface area (Å²) in [5.74, 6) is 0.619. The lowest BCUT2D eigenvalue weighted by atomic mass is 10.2. The molecule has 4 nitrogen and oxygen atoms in total. The molecule has 1 aromatic rings. The summed E-state index contributed by atoms with van der Waals surface area (Å²) in [7, 11) is -3.45. The van der Waals surface area contributed by atoms with Crippen molar-refractivity contribution in [2.75, 3.05) is 6.61 Å². The van der Waals surface area contributed by atoms with Crippen molar-refractivity contribution in [2.24, 2.45) is 5.14 Å². The molecule has 0 saturated heterocycles. The Labute approximate surface area is 96.5 Å². The molecule has 0 aliphatic rings. The zero-order valence-electron chi connectivity index (χ0n) is 9.35. The largest absolute Gasteiger partial charge is 0.494 e. The number of ether oxygens (including phenoxy) is 1. The van der Waals surface area contributed by atoms with Crippen molar-refractivity contribution in [3.05, 3.63) is 29.8 Å². The van der Waals surface area contributed by atoms with Crippen LogP contribution in [0.15, 0.2) is 24.3 Å². The molecule has 1 rings (SSSR count). The lowest BCUT2D eigenvalue weighted by Gasteiger charge is -2.05. The van der Waals surface area contributed by atoms with Gasteiger partial charge in [0.2, 0.25) is 10.0 Å². The van der Waals surface area contributed by atoms with E-state index < -0.39 is 10.0 Å². The maximum Gasteiger partial charge on any atom is 0.213 e. The number of unbranched alkanes of at least 4 members (excludes halogenated alkanes) is 1. The van der Waals surface area contributed by atoms with Gasteiger partial charge in [-0.1, -0.05) is 25.5 Å². The van der Waals surface area contributed by atoms with Crippen LogP contribution in [-0.4, -0.2) is 15.0 Å². The number of benzene rings is 1. The van der Waals surface area contributed by atoms with Crippen molar-refractivity contribution < 1.29 is 13.2 Å². The second-order valence-corrected chi connectivity index (χ2v) is 5.27. The van der Waals surface area contributed by atoms with E-state index in [-0.39, 0.29) is 5.75 Å². The number of hydrogen-bond donors (Lipinski definition) is 1. The van der Waals surface area contributed by atoms with Gasteiger partial charge in [0.25, 0.3) is 0 Å². The molecule has 0 aliphatic heterocycles. The lowest BCUT2D eigenvalue weighted by Crippen LogP contribution is -2.14. The van der Waals surface area contributed by atoms with Crippen molar-refractivity contribution in [3.63, 3.8) is 0 Å². The third-order valence-electron chi connectivity index (χ3n) is 2.06. The van der Waals surface area contributed by atoms with Crippen molar-refractivity contribution in [2.45, 2.75) is 25.5 Å². The Bertz CT molecular complexity index is 411. The average molecular weight is 243 g/mol. The molecule has 1 aromatic carbocycles. The van der Waals surface area contributed by atoms with Crippen LogP contribution in [0, 0.1) is 0 Å². The van der Waals surface area contributed by atoms with Crippen LogP contribution in [0.4, 0.5) is 0 Å². The number of hydrogen-bond acceptors (Lipinski definition) is 3. The minimum atomic E-state index is -3.45. The quantitative estimate of drug-likeness (QED) is 0.772. The number of sulfonamides is 1. The highest BCUT2D eigenvalue weighted by Crippen LogP contribution is 2.13. The number of nitrogens with two attached hydrogens (primary N) is 1. The Morgan fingerprint density at radius 3 is 2.38 bits per heavy atom. The number of rotatable bonds is 6. The fourth-order valence-corrected chi connectivity index (χ4v) is 1.91. The second kappa shape index (κ2) is 5.86. The summed E-state index contributed by atoms with van der Waals surface area (Å²) in [5, 5.41) is 4.94. The summed E-state index contributed by atoms with van der Waals surface area (Å²) >= 11 is 0. The van der Waals surface area contributed by atoms with Crippen molar-refractivity contribution in [3.8, 4) is 5.75 Å². The van der Waals surface area contributed by atoms with Gasteiger partial charge in [-0.25, -0.2) is 13.6 Å². The zero-order valence-corrected chi connectivity index (χ0v) is 10.2. The molecule has 0 amide bonds. The first-order valence-corrected chi connectivity index (χ1v) is 6.95. The van der Waals surface area contributed by atoms with Crippen LogP contribution in [-0.2, 0) is 15.8 Å². The molecule has 0 spiro atoms. The Hall–Kier alpha value is -1.07. The molecule has 2 N–H and O–H groups in total. The molecule has 0 bridgehead atoms. The molecule has 0 unspecified atom stereocenters. The van der Waals surface area contributed by atoms with Gasteiger partial charge in [0.15, 0.2) is 0 Å². The highest BCUT2D eigenvalue weighted by molar-refractivity contribution is 7.88. The molecule has 0 aliphatic carbocycles. The van der Waals surface area contributed by atoms with Gasteiger partial charge in [-0.15, -0.1) is 0 Å². The first kappa shape index (κ1) is 13.0. The minimum absolute atomic E-state index is 0.137. The molecular formula is C11H17NO3S. The fourth-order valence-electron chi connectivity index (χ4n) is 1.25. The molecule has 90 valence electrons. The van der Waals surface area contributed by atoms with Gasteiger partial charge in [-0.3, -0.25) is 0 Å². The fraction of sp³-hybridized carbons (Fsp3) is 0.455. The van der Waals surface area contributed by atoms with Gasteiger partial charge in [0, 0.05) is 0 Å². The minimum Gasteiger partial charge on any atom is -0.494 e. The van der Waals surface area contributed by atoms with Gasteiger partial charge < -0.3 is 4.74 Å². The highest BCUT2D eigenvalue weighted by Gasteiger charge is 2.04. The van der Waals surface area contributed by atoms with E-state index >= 15 is 0 Å². The van der Waals surface area contributed by atoms with E-state index in [1.807, 2.05) is 0 Å². The summed E-state index contributed by atoms with van der Waals surface area (Å²) in [6.07, 6.45) is 2.10. The van der Waals surface area contributed by atoms with Crippen LogP contribution in [0.5, 0.6) is 5.75 Å². The standard InChI is InChI=1S/C11H17NO3S/c1-2-3-8-15-11-6-4-10(5-7-11)9-16(12,13)14/h4-7H,2-3,8-9H2,1H3,(H2,12,13,14). The van der Waals surface area contributed by atoms with E-state index in [9.17, 15) is 8.42 Å². The van der Waals surface area contributed by atoms with Crippen LogP contribution in [0.25, 0.3) is 0 Å². The Morgan fingerprint density at radius 1 is 1.25 bits per heavy atom. The van der Waals surface area contributed by atoms with Gasteiger partial charge in [-0.05, 0) is 24.1 Å². The van der Waals surface area contributed by atoms with Gasteiger partial charge in [0.1, 0.15) is 5.75 Å². The first-order chi connectivity index (χ1) is 7.51. The lowest BCUT2D eigenvalue weighted by molar-refractivity contribution is 0.309. The molecule has 0 heterocycles. The molecule has 0 aromatic heterocycles. The summed E-state index contributed by atoms with van der Waals surface area (Å²) in [6, 6.07) is 6.95. The van der Waals surface area contributed by atoms with Gasteiger partial charge in [0.05, 0.1) is 12.4 Å². The maximum absolute atomic E-state index is 10.8. The van der Waals surface area contributed by atoms with E-state index in [0.717, 1.165) is 18.6 Å².